The second-order valence-corrected chi connectivity index (χ2v) is 9.05. The van der Waals surface area contributed by atoms with E-state index in [1.54, 1.807) is 7.11 Å². The summed E-state index contributed by atoms with van der Waals surface area (Å²) in [5.74, 6) is 0.871. The molecule has 2 atom stereocenters. The van der Waals surface area contributed by atoms with Crippen molar-refractivity contribution >= 4 is 10.0 Å². The van der Waals surface area contributed by atoms with Gasteiger partial charge in [-0.2, -0.15) is 4.31 Å². The van der Waals surface area contributed by atoms with Gasteiger partial charge in [-0.1, -0.05) is 12.1 Å². The number of methoxy groups -OCH3 is 1. The number of fused-ring (bicyclic) bond motifs is 1. The quantitative estimate of drug-likeness (QED) is 0.823. The van der Waals surface area contributed by atoms with Gasteiger partial charge in [0.1, 0.15) is 5.75 Å². The van der Waals surface area contributed by atoms with Crippen LogP contribution in [-0.2, 0) is 16.6 Å². The molecule has 0 bridgehead atoms. The largest absolute Gasteiger partial charge is 0.497 e. The third-order valence-electron chi connectivity index (χ3n) is 5.46. The van der Waals surface area contributed by atoms with E-state index in [2.05, 4.69) is 17.0 Å². The van der Waals surface area contributed by atoms with Crippen molar-refractivity contribution < 1.29 is 13.2 Å². The van der Waals surface area contributed by atoms with Crippen molar-refractivity contribution in [2.75, 3.05) is 20.2 Å². The van der Waals surface area contributed by atoms with E-state index in [4.69, 9.17) is 4.74 Å². The molecule has 4 rings (SSSR count). The first kappa shape index (κ1) is 15.4. The Bertz CT molecular complexity index is 670. The van der Waals surface area contributed by atoms with Gasteiger partial charge in [0.05, 0.1) is 12.4 Å². The highest BCUT2D eigenvalue weighted by atomic mass is 32.2. The van der Waals surface area contributed by atoms with Crippen molar-refractivity contribution in [3.05, 3.63) is 29.8 Å². The fourth-order valence-corrected chi connectivity index (χ4v) is 6.17. The molecule has 3 aliphatic rings. The monoisotopic (exact) mass is 336 g/mol. The number of likely N-dealkylation sites (tertiary alicyclic amines) is 1. The number of nitrogens with zero attached hydrogens (tertiary/aromatic N) is 2. The van der Waals surface area contributed by atoms with Crippen molar-refractivity contribution in [3.8, 4) is 5.75 Å². The molecule has 23 heavy (non-hydrogen) atoms. The van der Waals surface area contributed by atoms with Crippen molar-refractivity contribution in [1.82, 2.24) is 9.21 Å². The molecule has 1 aromatic rings. The standard InChI is InChI=1S/C17H24N2O3S/c1-22-14-4-2-13(3-5-14)12-18-10-8-17-16(18)9-11-19(17)23(20,21)15-6-7-15/h2-5,15-17H,6-12H2,1H3/t16-,17+/m0/s1. The van der Waals surface area contributed by atoms with Gasteiger partial charge in [-0.25, -0.2) is 8.42 Å². The summed E-state index contributed by atoms with van der Waals surface area (Å²) < 4.78 is 32.2. The molecule has 1 aliphatic carbocycles. The first-order valence-corrected chi connectivity index (χ1v) is 9.97. The molecular formula is C17H24N2O3S. The van der Waals surface area contributed by atoms with Crippen molar-refractivity contribution in [3.63, 3.8) is 0 Å². The van der Waals surface area contributed by atoms with Crippen LogP contribution in [0.4, 0.5) is 0 Å². The average molecular weight is 336 g/mol. The molecular weight excluding hydrogens is 312 g/mol. The van der Waals surface area contributed by atoms with E-state index in [-0.39, 0.29) is 11.3 Å². The van der Waals surface area contributed by atoms with E-state index in [0.29, 0.717) is 12.6 Å². The van der Waals surface area contributed by atoms with Gasteiger partial charge < -0.3 is 4.74 Å². The molecule has 1 aromatic carbocycles. The number of ether oxygens (including phenoxy) is 1. The number of sulfonamides is 1. The van der Waals surface area contributed by atoms with Crippen LogP contribution in [0.25, 0.3) is 0 Å². The predicted octanol–water partition coefficient (Wildman–Crippen LogP) is 1.84. The van der Waals surface area contributed by atoms with Gasteiger partial charge in [0.2, 0.25) is 10.0 Å². The van der Waals surface area contributed by atoms with Crippen LogP contribution in [0.3, 0.4) is 0 Å². The SMILES string of the molecule is COc1ccc(CN2CC[C@@H]3[C@@H]2CCN3S(=O)(=O)C2CC2)cc1. The first-order valence-electron chi connectivity index (χ1n) is 8.47. The lowest BCUT2D eigenvalue weighted by atomic mass is 10.1. The summed E-state index contributed by atoms with van der Waals surface area (Å²) in [5.41, 5.74) is 1.26. The fraction of sp³-hybridized carbons (Fsp3) is 0.647. The zero-order valence-corrected chi connectivity index (χ0v) is 14.3. The summed E-state index contributed by atoms with van der Waals surface area (Å²) in [6.45, 7) is 2.58. The van der Waals surface area contributed by atoms with Crippen LogP contribution in [0.15, 0.2) is 24.3 Å². The number of benzene rings is 1. The smallest absolute Gasteiger partial charge is 0.217 e. The van der Waals surface area contributed by atoms with Crippen molar-refractivity contribution in [1.29, 1.82) is 0 Å². The van der Waals surface area contributed by atoms with Crippen molar-refractivity contribution in [2.24, 2.45) is 0 Å². The summed E-state index contributed by atoms with van der Waals surface area (Å²) in [7, 11) is -1.36. The molecule has 2 aliphatic heterocycles. The summed E-state index contributed by atoms with van der Waals surface area (Å²) in [4.78, 5) is 2.45. The Morgan fingerprint density at radius 2 is 1.74 bits per heavy atom. The second-order valence-electron chi connectivity index (χ2n) is 6.89. The maximum absolute atomic E-state index is 12.6. The minimum absolute atomic E-state index is 0.0862. The molecule has 0 N–H and O–H groups in total. The van der Waals surface area contributed by atoms with Crippen LogP contribution in [0.5, 0.6) is 5.75 Å². The zero-order valence-electron chi connectivity index (χ0n) is 13.5. The molecule has 6 heteroatoms. The summed E-state index contributed by atoms with van der Waals surface area (Å²) >= 11 is 0. The summed E-state index contributed by atoms with van der Waals surface area (Å²) in [6, 6.07) is 8.74. The average Bonchev–Trinajstić information content (AvgIpc) is 3.22. The molecule has 0 spiro atoms. The van der Waals surface area contributed by atoms with E-state index in [9.17, 15) is 8.42 Å². The van der Waals surface area contributed by atoms with E-state index < -0.39 is 10.0 Å². The molecule has 126 valence electrons. The highest BCUT2D eigenvalue weighted by molar-refractivity contribution is 7.90. The molecule has 3 fully saturated rings. The number of hydrogen-bond acceptors (Lipinski definition) is 4. The van der Waals surface area contributed by atoms with Gasteiger partial charge in [-0.05, 0) is 43.4 Å². The lowest BCUT2D eigenvalue weighted by Crippen LogP contribution is -2.41. The fourth-order valence-electron chi connectivity index (χ4n) is 4.07. The van der Waals surface area contributed by atoms with E-state index >= 15 is 0 Å². The van der Waals surface area contributed by atoms with Crippen molar-refractivity contribution in [2.45, 2.75) is 49.6 Å². The third-order valence-corrected chi connectivity index (χ3v) is 7.88. The summed E-state index contributed by atoms with van der Waals surface area (Å²) in [5, 5.41) is -0.0862. The van der Waals surface area contributed by atoms with Crippen LogP contribution < -0.4 is 4.74 Å². The van der Waals surface area contributed by atoms with E-state index in [1.807, 2.05) is 16.4 Å². The van der Waals surface area contributed by atoms with Gasteiger partial charge >= 0.3 is 0 Å². The van der Waals surface area contributed by atoms with E-state index in [0.717, 1.165) is 44.5 Å². The normalized spacial score (nSPS) is 28.9. The Labute approximate surface area is 138 Å². The highest BCUT2D eigenvalue weighted by Crippen LogP contribution is 2.39. The minimum Gasteiger partial charge on any atom is -0.497 e. The van der Waals surface area contributed by atoms with Crippen LogP contribution >= 0.6 is 0 Å². The lowest BCUT2D eigenvalue weighted by Gasteiger charge is -2.25. The Kier molecular flexibility index (Phi) is 3.86. The molecule has 0 radical (unpaired) electrons. The Morgan fingerprint density at radius 1 is 1.04 bits per heavy atom. The third kappa shape index (κ3) is 2.77. The van der Waals surface area contributed by atoms with Gasteiger partial charge in [-0.15, -0.1) is 0 Å². The molecule has 0 amide bonds. The molecule has 0 unspecified atom stereocenters. The lowest BCUT2D eigenvalue weighted by molar-refractivity contribution is 0.240. The molecule has 2 saturated heterocycles. The van der Waals surface area contributed by atoms with Crippen LogP contribution in [0.2, 0.25) is 0 Å². The first-order chi connectivity index (χ1) is 11.1. The van der Waals surface area contributed by atoms with Gasteiger partial charge in [-0.3, -0.25) is 4.90 Å². The van der Waals surface area contributed by atoms with Crippen LogP contribution in [0, 0.1) is 0 Å². The maximum Gasteiger partial charge on any atom is 0.217 e. The molecule has 5 nitrogen and oxygen atoms in total. The van der Waals surface area contributed by atoms with Gasteiger partial charge in [0, 0.05) is 31.7 Å². The van der Waals surface area contributed by atoms with Crippen LogP contribution in [-0.4, -0.2) is 55.2 Å². The van der Waals surface area contributed by atoms with Crippen LogP contribution in [0.1, 0.15) is 31.2 Å². The highest BCUT2D eigenvalue weighted by Gasteiger charge is 2.50. The topological polar surface area (TPSA) is 49.9 Å². The summed E-state index contributed by atoms with van der Waals surface area (Å²) in [6.07, 6.45) is 3.64. The maximum atomic E-state index is 12.6. The van der Waals surface area contributed by atoms with E-state index in [1.165, 1.54) is 5.56 Å². The molecule has 1 saturated carbocycles. The second kappa shape index (κ2) is 5.76. The molecule has 0 aromatic heterocycles. The van der Waals surface area contributed by atoms with Gasteiger partial charge in [0.15, 0.2) is 0 Å². The Hall–Kier alpha value is -1.11. The Balaban J connectivity index is 1.45. The Morgan fingerprint density at radius 3 is 2.39 bits per heavy atom. The van der Waals surface area contributed by atoms with Gasteiger partial charge in [0.25, 0.3) is 0 Å². The zero-order chi connectivity index (χ0) is 16.0. The number of rotatable bonds is 5. The minimum atomic E-state index is -3.03. The predicted molar refractivity (Wildman–Crippen MR) is 88.9 cm³/mol. The molecule has 2 heterocycles. The number of hydrogen-bond donors (Lipinski definition) is 0.